The molecule has 110 valence electrons. The number of carbonyl (C=O) groups is 1. The molecule has 1 heterocycles. The van der Waals surface area contributed by atoms with Crippen molar-refractivity contribution in [3.05, 3.63) is 52.2 Å². The van der Waals surface area contributed by atoms with Gasteiger partial charge in [-0.2, -0.15) is 11.3 Å². The van der Waals surface area contributed by atoms with Gasteiger partial charge in [-0.05, 0) is 23.6 Å². The summed E-state index contributed by atoms with van der Waals surface area (Å²) < 4.78 is 25.7. The number of nitrogens with two attached hydrogens (primary N) is 1. The van der Waals surface area contributed by atoms with E-state index in [1.54, 1.807) is 11.4 Å². The first kappa shape index (κ1) is 14.9. The number of amides is 1. The molecule has 0 saturated carbocycles. The number of nitrogens with zero attached hydrogens (tertiary/aromatic N) is 1. The molecule has 2 aromatic rings. The average molecular weight is 311 g/mol. The van der Waals surface area contributed by atoms with Crippen LogP contribution in [-0.4, -0.2) is 18.3 Å². The number of thiophene rings is 1. The first-order valence-corrected chi connectivity index (χ1v) is 6.73. The maximum absolute atomic E-state index is 12.9. The molecule has 1 aromatic heterocycles. The van der Waals surface area contributed by atoms with Gasteiger partial charge in [0.2, 0.25) is 0 Å². The molecule has 2 rings (SSSR count). The fourth-order valence-electron chi connectivity index (χ4n) is 1.39. The Labute approximate surface area is 123 Å². The van der Waals surface area contributed by atoms with Crippen molar-refractivity contribution in [3.8, 4) is 0 Å². The summed E-state index contributed by atoms with van der Waals surface area (Å²) in [5.74, 6) is -2.45. The molecule has 8 heteroatoms. The second-order valence-electron chi connectivity index (χ2n) is 3.94. The lowest BCUT2D eigenvalue weighted by atomic mass is 10.3. The molecule has 0 radical (unpaired) electrons. The molecule has 0 fully saturated rings. The zero-order valence-electron chi connectivity index (χ0n) is 10.7. The van der Waals surface area contributed by atoms with Crippen molar-refractivity contribution < 1.29 is 18.4 Å². The molecule has 3 N–H and O–H groups in total. The van der Waals surface area contributed by atoms with Gasteiger partial charge in [-0.15, -0.1) is 0 Å². The highest BCUT2D eigenvalue weighted by atomic mass is 32.1. The Morgan fingerprint density at radius 1 is 1.33 bits per heavy atom. The average Bonchev–Trinajstić information content (AvgIpc) is 2.97. The SMILES string of the molecule is N/C(=N/OCC(=O)Nc1ccc(F)c(F)c1)c1ccsc1. The first-order chi connectivity index (χ1) is 10.1. The Morgan fingerprint density at radius 3 is 2.81 bits per heavy atom. The molecule has 1 aromatic carbocycles. The lowest BCUT2D eigenvalue weighted by molar-refractivity contribution is -0.120. The van der Waals surface area contributed by atoms with Crippen LogP contribution in [0.4, 0.5) is 14.5 Å². The maximum Gasteiger partial charge on any atom is 0.265 e. The van der Waals surface area contributed by atoms with Crippen LogP contribution in [0.3, 0.4) is 0 Å². The van der Waals surface area contributed by atoms with Crippen LogP contribution in [0.5, 0.6) is 0 Å². The number of amidine groups is 1. The van der Waals surface area contributed by atoms with Crippen LogP contribution in [0.2, 0.25) is 0 Å². The zero-order chi connectivity index (χ0) is 15.2. The molecule has 0 aliphatic rings. The third-order valence-electron chi connectivity index (χ3n) is 2.38. The molecule has 0 saturated heterocycles. The maximum atomic E-state index is 12.9. The van der Waals surface area contributed by atoms with Crippen LogP contribution in [0.1, 0.15) is 5.56 Å². The summed E-state index contributed by atoms with van der Waals surface area (Å²) in [6.07, 6.45) is 0. The minimum atomic E-state index is -1.05. The molecular formula is C13H11F2N3O2S. The van der Waals surface area contributed by atoms with Gasteiger partial charge >= 0.3 is 0 Å². The van der Waals surface area contributed by atoms with Crippen molar-refractivity contribution >= 4 is 28.8 Å². The summed E-state index contributed by atoms with van der Waals surface area (Å²) in [6, 6.07) is 4.78. The molecular weight excluding hydrogens is 300 g/mol. The van der Waals surface area contributed by atoms with E-state index >= 15 is 0 Å². The van der Waals surface area contributed by atoms with E-state index < -0.39 is 24.1 Å². The van der Waals surface area contributed by atoms with Crippen molar-refractivity contribution in [2.75, 3.05) is 11.9 Å². The molecule has 5 nitrogen and oxygen atoms in total. The van der Waals surface area contributed by atoms with E-state index in [9.17, 15) is 13.6 Å². The Kier molecular flexibility index (Phi) is 4.83. The van der Waals surface area contributed by atoms with Gasteiger partial charge in [0.25, 0.3) is 5.91 Å². The van der Waals surface area contributed by atoms with Crippen LogP contribution in [0, 0.1) is 11.6 Å². The molecule has 21 heavy (non-hydrogen) atoms. The van der Waals surface area contributed by atoms with E-state index in [0.29, 0.717) is 5.56 Å². The lowest BCUT2D eigenvalue weighted by Gasteiger charge is -2.05. The Bertz CT molecular complexity index is 659. The summed E-state index contributed by atoms with van der Waals surface area (Å²) in [5, 5.41) is 9.53. The van der Waals surface area contributed by atoms with E-state index in [4.69, 9.17) is 10.6 Å². The standard InChI is InChI=1S/C13H11F2N3O2S/c14-10-2-1-9(5-11(10)15)17-12(19)6-20-18-13(16)8-3-4-21-7-8/h1-5,7H,6H2,(H2,16,18)(H,17,19). The van der Waals surface area contributed by atoms with Crippen LogP contribution in [0.25, 0.3) is 0 Å². The number of rotatable bonds is 5. The third kappa shape index (κ3) is 4.25. The van der Waals surface area contributed by atoms with Crippen LogP contribution in [0.15, 0.2) is 40.2 Å². The molecule has 0 atom stereocenters. The summed E-state index contributed by atoms with van der Waals surface area (Å²) in [4.78, 5) is 16.3. The molecule has 0 spiro atoms. The number of nitrogens with one attached hydrogen (secondary N) is 1. The largest absolute Gasteiger partial charge is 0.384 e. The van der Waals surface area contributed by atoms with E-state index in [1.807, 2.05) is 5.38 Å². The van der Waals surface area contributed by atoms with Crippen molar-refractivity contribution in [1.82, 2.24) is 0 Å². The lowest BCUT2D eigenvalue weighted by Crippen LogP contribution is -2.19. The number of halogens is 2. The van der Waals surface area contributed by atoms with Crippen molar-refractivity contribution in [1.29, 1.82) is 0 Å². The predicted octanol–water partition coefficient (Wildman–Crippen LogP) is 2.30. The fraction of sp³-hybridized carbons (Fsp3) is 0.0769. The zero-order valence-corrected chi connectivity index (χ0v) is 11.5. The predicted molar refractivity (Wildman–Crippen MR) is 76.0 cm³/mol. The van der Waals surface area contributed by atoms with Gasteiger partial charge in [0.05, 0.1) is 0 Å². The van der Waals surface area contributed by atoms with Crippen LogP contribution >= 0.6 is 11.3 Å². The highest BCUT2D eigenvalue weighted by Crippen LogP contribution is 2.12. The Balaban J connectivity index is 1.85. The number of anilines is 1. The highest BCUT2D eigenvalue weighted by molar-refractivity contribution is 7.08. The van der Waals surface area contributed by atoms with Gasteiger partial charge in [0, 0.05) is 22.7 Å². The Hall–Kier alpha value is -2.48. The topological polar surface area (TPSA) is 76.7 Å². The van der Waals surface area contributed by atoms with E-state index in [1.165, 1.54) is 17.4 Å². The van der Waals surface area contributed by atoms with Gasteiger partial charge in [-0.1, -0.05) is 5.16 Å². The van der Waals surface area contributed by atoms with Gasteiger partial charge < -0.3 is 15.9 Å². The number of oxime groups is 1. The normalized spacial score (nSPS) is 11.2. The number of hydrogen-bond acceptors (Lipinski definition) is 4. The molecule has 1 amide bonds. The minimum absolute atomic E-state index is 0.122. The molecule has 0 unspecified atom stereocenters. The molecule has 0 aliphatic carbocycles. The summed E-state index contributed by atoms with van der Waals surface area (Å²) in [7, 11) is 0. The van der Waals surface area contributed by atoms with Gasteiger partial charge in [0.15, 0.2) is 24.1 Å². The quantitative estimate of drug-likeness (QED) is 0.505. The summed E-state index contributed by atoms with van der Waals surface area (Å²) >= 11 is 1.45. The second-order valence-corrected chi connectivity index (χ2v) is 4.72. The summed E-state index contributed by atoms with van der Waals surface area (Å²) in [5.41, 5.74) is 6.44. The number of benzene rings is 1. The van der Waals surface area contributed by atoms with Crippen molar-refractivity contribution in [3.63, 3.8) is 0 Å². The number of carbonyl (C=O) groups excluding carboxylic acids is 1. The van der Waals surface area contributed by atoms with Gasteiger partial charge in [-0.25, -0.2) is 8.78 Å². The third-order valence-corrected chi connectivity index (χ3v) is 3.06. The monoisotopic (exact) mass is 311 g/mol. The number of hydrogen-bond donors (Lipinski definition) is 2. The fourth-order valence-corrected chi connectivity index (χ4v) is 2.04. The smallest absolute Gasteiger partial charge is 0.265 e. The van der Waals surface area contributed by atoms with Crippen molar-refractivity contribution in [2.45, 2.75) is 0 Å². The van der Waals surface area contributed by atoms with Crippen LogP contribution in [-0.2, 0) is 9.63 Å². The van der Waals surface area contributed by atoms with Gasteiger partial charge in [-0.3, -0.25) is 4.79 Å². The highest BCUT2D eigenvalue weighted by Gasteiger charge is 2.07. The van der Waals surface area contributed by atoms with E-state index in [-0.39, 0.29) is 11.5 Å². The van der Waals surface area contributed by atoms with Crippen LogP contribution < -0.4 is 11.1 Å². The second kappa shape index (κ2) is 6.80. The molecule has 0 aliphatic heterocycles. The van der Waals surface area contributed by atoms with E-state index in [0.717, 1.165) is 12.1 Å². The van der Waals surface area contributed by atoms with E-state index in [2.05, 4.69) is 10.5 Å². The Morgan fingerprint density at radius 2 is 2.14 bits per heavy atom. The van der Waals surface area contributed by atoms with Gasteiger partial charge in [0.1, 0.15) is 0 Å². The molecule has 0 bridgehead atoms. The summed E-state index contributed by atoms with van der Waals surface area (Å²) in [6.45, 7) is -0.399. The minimum Gasteiger partial charge on any atom is -0.384 e. The first-order valence-electron chi connectivity index (χ1n) is 5.79. The van der Waals surface area contributed by atoms with Crippen molar-refractivity contribution in [2.24, 2.45) is 10.9 Å².